The second-order valence-electron chi connectivity index (χ2n) is 7.53. The number of aliphatic hydroxyl groups is 1. The molecule has 2 aliphatic rings. The van der Waals surface area contributed by atoms with Gasteiger partial charge in [0.15, 0.2) is 11.5 Å². The fraction of sp³-hybridized carbons (Fsp3) is 0.450. The summed E-state index contributed by atoms with van der Waals surface area (Å²) in [5.41, 5.74) is 2.24. The number of rotatable bonds is 6. The average Bonchev–Trinajstić information content (AvgIpc) is 3.30. The summed E-state index contributed by atoms with van der Waals surface area (Å²) >= 11 is 6.43. The van der Waals surface area contributed by atoms with Crippen molar-refractivity contribution in [1.82, 2.24) is 15.0 Å². The van der Waals surface area contributed by atoms with Gasteiger partial charge in [0.25, 0.3) is 11.8 Å². The molecule has 2 amide bonds. The Morgan fingerprint density at radius 1 is 1.43 bits per heavy atom. The number of halogens is 1. The van der Waals surface area contributed by atoms with Crippen LogP contribution in [0.15, 0.2) is 22.7 Å². The summed E-state index contributed by atoms with van der Waals surface area (Å²) in [5.74, 6) is 0.628. The number of hydrogen-bond acceptors (Lipinski definition) is 5. The van der Waals surface area contributed by atoms with Gasteiger partial charge < -0.3 is 19.4 Å². The molecule has 2 aromatic rings. The standard InChI is InChI=1S/C20H22ClN3O4/c1-11(12-3-4-12)24-10-14-7-13(8-15(21)18(14)20(24)27)17-9-16(22-28-17)19(26)23(2)5-6-25/h7-9,11-12,25H,3-6,10H2,1-2H3/t11-/m0/s1. The average molecular weight is 404 g/mol. The quantitative estimate of drug-likeness (QED) is 0.801. The normalized spacial score (nSPS) is 17.0. The van der Waals surface area contributed by atoms with Crippen molar-refractivity contribution in [3.63, 3.8) is 0 Å². The molecule has 1 fully saturated rings. The van der Waals surface area contributed by atoms with Gasteiger partial charge in [-0.25, -0.2) is 0 Å². The van der Waals surface area contributed by atoms with Crippen molar-refractivity contribution in [3.8, 4) is 11.3 Å². The molecule has 0 saturated heterocycles. The number of likely N-dealkylation sites (N-methyl/N-ethyl adjacent to an activating group) is 1. The van der Waals surface area contributed by atoms with Crippen molar-refractivity contribution < 1.29 is 19.2 Å². The van der Waals surface area contributed by atoms with Gasteiger partial charge in [-0.05, 0) is 43.4 Å². The van der Waals surface area contributed by atoms with Gasteiger partial charge in [-0.2, -0.15) is 0 Å². The maximum atomic E-state index is 12.8. The molecular weight excluding hydrogens is 382 g/mol. The lowest BCUT2D eigenvalue weighted by atomic mass is 10.0. The molecule has 7 nitrogen and oxygen atoms in total. The Labute approximate surface area is 167 Å². The molecule has 0 radical (unpaired) electrons. The van der Waals surface area contributed by atoms with Crippen LogP contribution in [-0.2, 0) is 6.54 Å². The van der Waals surface area contributed by atoms with Gasteiger partial charge in [0, 0.05) is 37.8 Å². The first-order valence-corrected chi connectivity index (χ1v) is 9.75. The molecule has 1 aliphatic carbocycles. The molecule has 1 aromatic carbocycles. The fourth-order valence-electron chi connectivity index (χ4n) is 3.69. The van der Waals surface area contributed by atoms with Crippen LogP contribution in [0.25, 0.3) is 11.3 Å². The Morgan fingerprint density at radius 2 is 2.18 bits per heavy atom. The highest BCUT2D eigenvalue weighted by Gasteiger charge is 2.39. The minimum absolute atomic E-state index is 0.0231. The van der Waals surface area contributed by atoms with Crippen molar-refractivity contribution in [2.24, 2.45) is 5.92 Å². The van der Waals surface area contributed by atoms with E-state index in [1.807, 2.05) is 11.0 Å². The number of carbonyl (C=O) groups excluding carboxylic acids is 2. The minimum atomic E-state index is -0.337. The van der Waals surface area contributed by atoms with Crippen LogP contribution in [0.3, 0.4) is 0 Å². The molecule has 0 bridgehead atoms. The Balaban J connectivity index is 1.60. The smallest absolute Gasteiger partial charge is 0.275 e. The highest BCUT2D eigenvalue weighted by Crippen LogP contribution is 2.40. The summed E-state index contributed by atoms with van der Waals surface area (Å²) in [6.07, 6.45) is 2.33. The predicted molar refractivity (Wildman–Crippen MR) is 103 cm³/mol. The van der Waals surface area contributed by atoms with E-state index in [1.165, 1.54) is 17.7 Å². The van der Waals surface area contributed by atoms with Crippen LogP contribution in [0.5, 0.6) is 0 Å². The third-order valence-electron chi connectivity index (χ3n) is 5.58. The van der Waals surface area contributed by atoms with Gasteiger partial charge in [-0.1, -0.05) is 16.8 Å². The number of benzene rings is 1. The Morgan fingerprint density at radius 3 is 2.86 bits per heavy atom. The largest absolute Gasteiger partial charge is 0.395 e. The topological polar surface area (TPSA) is 86.9 Å². The number of amides is 2. The van der Waals surface area contributed by atoms with Gasteiger partial charge in [0.2, 0.25) is 0 Å². The van der Waals surface area contributed by atoms with E-state index in [0.29, 0.717) is 34.4 Å². The molecule has 1 aromatic heterocycles. The Kier molecular flexibility index (Phi) is 4.89. The van der Waals surface area contributed by atoms with Crippen LogP contribution < -0.4 is 0 Å². The van der Waals surface area contributed by atoms with Gasteiger partial charge in [0.05, 0.1) is 17.2 Å². The first-order valence-electron chi connectivity index (χ1n) is 9.37. The summed E-state index contributed by atoms with van der Waals surface area (Å²) < 4.78 is 5.35. The van der Waals surface area contributed by atoms with Crippen molar-refractivity contribution in [2.75, 3.05) is 20.2 Å². The Hall–Kier alpha value is -2.38. The van der Waals surface area contributed by atoms with E-state index >= 15 is 0 Å². The summed E-state index contributed by atoms with van der Waals surface area (Å²) in [7, 11) is 1.58. The fourth-order valence-corrected chi connectivity index (χ4v) is 4.01. The van der Waals surface area contributed by atoms with Gasteiger partial charge >= 0.3 is 0 Å². The molecule has 4 rings (SSSR count). The first kappa shape index (κ1) is 19.0. The number of aliphatic hydroxyl groups excluding tert-OH is 1. The molecule has 148 valence electrons. The summed E-state index contributed by atoms with van der Waals surface area (Å²) in [4.78, 5) is 28.3. The van der Waals surface area contributed by atoms with Gasteiger partial charge in [-0.3, -0.25) is 9.59 Å². The zero-order valence-corrected chi connectivity index (χ0v) is 16.6. The maximum Gasteiger partial charge on any atom is 0.275 e. The van der Waals surface area contributed by atoms with Crippen LogP contribution in [0, 0.1) is 5.92 Å². The lowest BCUT2D eigenvalue weighted by molar-refractivity contribution is 0.0697. The molecule has 1 aliphatic heterocycles. The SMILES string of the molecule is C[C@@H](C1CC1)N1Cc2cc(-c3cc(C(=O)N(C)CCO)no3)cc(Cl)c2C1=O. The summed E-state index contributed by atoms with van der Waals surface area (Å²) in [6, 6.07) is 5.31. The van der Waals surface area contributed by atoms with Crippen LogP contribution >= 0.6 is 11.6 Å². The first-order chi connectivity index (χ1) is 13.4. The molecule has 28 heavy (non-hydrogen) atoms. The number of carbonyl (C=O) groups is 2. The van der Waals surface area contributed by atoms with Crippen molar-refractivity contribution in [2.45, 2.75) is 32.4 Å². The third kappa shape index (κ3) is 3.29. The molecule has 0 unspecified atom stereocenters. The van der Waals surface area contributed by atoms with Gasteiger partial charge in [-0.15, -0.1) is 0 Å². The van der Waals surface area contributed by atoms with Crippen molar-refractivity contribution in [1.29, 1.82) is 0 Å². The Bertz CT molecular complexity index is 938. The van der Waals surface area contributed by atoms with E-state index in [9.17, 15) is 9.59 Å². The van der Waals surface area contributed by atoms with E-state index in [2.05, 4.69) is 12.1 Å². The van der Waals surface area contributed by atoms with Crippen molar-refractivity contribution in [3.05, 3.63) is 40.0 Å². The van der Waals surface area contributed by atoms with E-state index < -0.39 is 0 Å². The lowest BCUT2D eigenvalue weighted by Crippen LogP contribution is -2.34. The number of hydrogen-bond donors (Lipinski definition) is 1. The second-order valence-corrected chi connectivity index (χ2v) is 7.94. The van der Waals surface area contributed by atoms with Crippen LogP contribution in [0.1, 0.15) is 46.2 Å². The van der Waals surface area contributed by atoms with E-state index in [-0.39, 0.29) is 36.7 Å². The summed E-state index contributed by atoms with van der Waals surface area (Å²) in [5, 5.41) is 13.2. The minimum Gasteiger partial charge on any atom is -0.395 e. The molecule has 1 saturated carbocycles. The highest BCUT2D eigenvalue weighted by atomic mass is 35.5. The maximum absolute atomic E-state index is 12.8. The van der Waals surface area contributed by atoms with E-state index in [0.717, 1.165) is 5.56 Å². The van der Waals surface area contributed by atoms with Crippen LogP contribution in [0.2, 0.25) is 5.02 Å². The second kappa shape index (κ2) is 7.22. The lowest BCUT2D eigenvalue weighted by Gasteiger charge is -2.23. The molecule has 1 atom stereocenters. The monoisotopic (exact) mass is 403 g/mol. The summed E-state index contributed by atoms with van der Waals surface area (Å²) in [6.45, 7) is 2.70. The number of nitrogens with zero attached hydrogens (tertiary/aromatic N) is 3. The molecule has 0 spiro atoms. The van der Waals surface area contributed by atoms with Crippen LogP contribution in [0.4, 0.5) is 0 Å². The molecular formula is C20H22ClN3O4. The predicted octanol–water partition coefficient (Wildman–Crippen LogP) is 2.81. The van der Waals surface area contributed by atoms with Gasteiger partial charge in [0.1, 0.15) is 0 Å². The zero-order valence-electron chi connectivity index (χ0n) is 15.8. The number of aromatic nitrogens is 1. The third-order valence-corrected chi connectivity index (χ3v) is 5.88. The number of fused-ring (bicyclic) bond motifs is 1. The van der Waals surface area contributed by atoms with Crippen LogP contribution in [-0.4, -0.2) is 58.1 Å². The highest BCUT2D eigenvalue weighted by molar-refractivity contribution is 6.34. The van der Waals surface area contributed by atoms with Crippen molar-refractivity contribution >= 4 is 23.4 Å². The molecule has 1 N–H and O–H groups in total. The molecule has 8 heteroatoms. The molecule has 2 heterocycles. The zero-order chi connectivity index (χ0) is 20.0. The van der Waals surface area contributed by atoms with E-state index in [1.54, 1.807) is 19.2 Å². The van der Waals surface area contributed by atoms with E-state index in [4.69, 9.17) is 21.2 Å².